The maximum Gasteiger partial charge on any atom is 0.272 e. The van der Waals surface area contributed by atoms with E-state index in [0.29, 0.717) is 12.2 Å². The number of nitro benzene ring substituents is 1. The summed E-state index contributed by atoms with van der Waals surface area (Å²) in [6, 6.07) is 7.88. The third-order valence-corrected chi connectivity index (χ3v) is 7.45. The Morgan fingerprint density at radius 3 is 2.84 bits per heavy atom. The molecule has 10 heteroatoms. The number of hydrogen-bond donors (Lipinski definition) is 0. The maximum absolute atomic E-state index is 12.6. The zero-order valence-electron chi connectivity index (χ0n) is 21.3. The summed E-state index contributed by atoms with van der Waals surface area (Å²) < 4.78 is 27.7. The van der Waals surface area contributed by atoms with Crippen LogP contribution in [0.2, 0.25) is 0 Å². The number of nitrogens with zero attached hydrogens (tertiary/aromatic N) is 4. The van der Waals surface area contributed by atoms with E-state index in [4.69, 9.17) is 9.47 Å². The van der Waals surface area contributed by atoms with Crippen molar-refractivity contribution in [1.82, 2.24) is 14.5 Å². The zero-order valence-corrected chi connectivity index (χ0v) is 22.1. The molecule has 0 N–H and O–H groups in total. The van der Waals surface area contributed by atoms with Crippen molar-refractivity contribution in [2.45, 2.75) is 45.6 Å². The Hall–Kier alpha value is -3.21. The molecule has 1 aliphatic rings. The molecule has 1 atom stereocenters. The van der Waals surface area contributed by atoms with Crippen LogP contribution in [0.25, 0.3) is 20.9 Å². The SMILES string of the molecule is CCCCc1ccnc2cc(-c3ncc(C4COCCCO4)n3C)sc12.Cc1ccc([N+](=O)[O-])cc1F. The van der Waals surface area contributed by atoms with Gasteiger partial charge >= 0.3 is 0 Å². The Morgan fingerprint density at radius 1 is 1.24 bits per heavy atom. The van der Waals surface area contributed by atoms with Crippen molar-refractivity contribution in [3.8, 4) is 10.7 Å². The molecule has 0 saturated carbocycles. The van der Waals surface area contributed by atoms with Crippen LogP contribution >= 0.6 is 11.3 Å². The fourth-order valence-electron chi connectivity index (χ4n) is 4.11. The van der Waals surface area contributed by atoms with E-state index in [1.165, 1.54) is 35.2 Å². The molecule has 8 nitrogen and oxygen atoms in total. The van der Waals surface area contributed by atoms with Crippen molar-refractivity contribution in [2.24, 2.45) is 7.05 Å². The average molecular weight is 527 g/mol. The Labute approximate surface area is 219 Å². The summed E-state index contributed by atoms with van der Waals surface area (Å²) in [6.45, 7) is 5.88. The molecule has 1 aromatic carbocycles. The lowest BCUT2D eigenvalue weighted by Gasteiger charge is -2.15. The van der Waals surface area contributed by atoms with E-state index < -0.39 is 10.7 Å². The predicted octanol–water partition coefficient (Wildman–Crippen LogP) is 6.56. The standard InChI is InChI=1S/C20H25N3O2S.C7H6FNO2/c1-3-4-6-14-7-8-21-15-11-18(26-19(14)15)20-22-12-16(23(20)2)17-13-24-9-5-10-25-17;1-5-2-3-6(9(10)11)4-7(5)8/h7-8,11-12,17H,3-6,9-10,13H2,1-2H3;2-4H,1H3. The number of aromatic nitrogens is 3. The van der Waals surface area contributed by atoms with Gasteiger partial charge in [-0.2, -0.15) is 0 Å². The number of hydrogen-bond acceptors (Lipinski definition) is 7. The molecule has 3 aromatic heterocycles. The van der Waals surface area contributed by atoms with E-state index in [1.54, 1.807) is 18.3 Å². The highest BCUT2D eigenvalue weighted by Gasteiger charge is 2.22. The number of rotatable bonds is 6. The highest BCUT2D eigenvalue weighted by molar-refractivity contribution is 7.22. The van der Waals surface area contributed by atoms with Gasteiger partial charge in [0.1, 0.15) is 17.7 Å². The molecule has 4 aromatic rings. The van der Waals surface area contributed by atoms with E-state index in [1.807, 2.05) is 12.4 Å². The first kappa shape index (κ1) is 26.8. The zero-order chi connectivity index (χ0) is 26.4. The second kappa shape index (κ2) is 12.4. The number of non-ortho nitro benzene ring substituents is 1. The first-order valence-electron chi connectivity index (χ1n) is 12.4. The molecule has 4 heterocycles. The van der Waals surface area contributed by atoms with E-state index >= 15 is 0 Å². The van der Waals surface area contributed by atoms with Crippen LogP contribution in [-0.2, 0) is 22.9 Å². The van der Waals surface area contributed by atoms with Crippen LogP contribution in [0.3, 0.4) is 0 Å². The summed E-state index contributed by atoms with van der Waals surface area (Å²) >= 11 is 1.79. The normalized spacial score (nSPS) is 15.7. The van der Waals surface area contributed by atoms with Crippen molar-refractivity contribution < 1.29 is 18.8 Å². The van der Waals surface area contributed by atoms with Crippen LogP contribution in [0.5, 0.6) is 0 Å². The number of fused-ring (bicyclic) bond motifs is 1. The number of aryl methyl sites for hydroxylation is 2. The highest BCUT2D eigenvalue weighted by Crippen LogP contribution is 2.35. The minimum Gasteiger partial charge on any atom is -0.378 e. The molecule has 0 spiro atoms. The van der Waals surface area contributed by atoms with Crippen molar-refractivity contribution in [3.63, 3.8) is 0 Å². The van der Waals surface area contributed by atoms with Gasteiger partial charge in [-0.05, 0) is 55.5 Å². The number of nitro groups is 1. The molecule has 1 aliphatic heterocycles. The number of pyridine rings is 1. The van der Waals surface area contributed by atoms with Crippen LogP contribution in [0.4, 0.5) is 10.1 Å². The lowest BCUT2D eigenvalue weighted by Crippen LogP contribution is -2.12. The molecule has 196 valence electrons. The third-order valence-electron chi connectivity index (χ3n) is 6.26. The van der Waals surface area contributed by atoms with Gasteiger partial charge in [0.2, 0.25) is 0 Å². The van der Waals surface area contributed by atoms with Gasteiger partial charge in [-0.3, -0.25) is 15.1 Å². The van der Waals surface area contributed by atoms with Crippen molar-refractivity contribution >= 4 is 27.2 Å². The molecule has 0 bridgehead atoms. The second-order valence-corrected chi connectivity index (χ2v) is 10.00. The monoisotopic (exact) mass is 526 g/mol. The second-order valence-electron chi connectivity index (χ2n) is 8.94. The molecule has 0 amide bonds. The predicted molar refractivity (Wildman–Crippen MR) is 142 cm³/mol. The number of unbranched alkanes of at least 4 members (excludes halogenated alkanes) is 1. The number of ether oxygens (including phenoxy) is 2. The quantitative estimate of drug-likeness (QED) is 0.209. The first-order chi connectivity index (χ1) is 17.9. The van der Waals surface area contributed by atoms with E-state index in [9.17, 15) is 14.5 Å². The lowest BCUT2D eigenvalue weighted by molar-refractivity contribution is -0.385. The molecular formula is C27H31FN4O4S. The largest absolute Gasteiger partial charge is 0.378 e. The first-order valence-corrected chi connectivity index (χ1v) is 13.2. The third kappa shape index (κ3) is 6.38. The van der Waals surface area contributed by atoms with Gasteiger partial charge in [0.15, 0.2) is 0 Å². The van der Waals surface area contributed by atoms with E-state index in [-0.39, 0.29) is 11.8 Å². The van der Waals surface area contributed by atoms with Crippen LogP contribution in [-0.4, -0.2) is 39.3 Å². The summed E-state index contributed by atoms with van der Waals surface area (Å²) in [5.74, 6) is 0.427. The molecule has 5 rings (SSSR count). The van der Waals surface area contributed by atoms with Gasteiger partial charge in [-0.1, -0.05) is 13.3 Å². The molecule has 1 fully saturated rings. The molecule has 1 unspecified atom stereocenters. The topological polar surface area (TPSA) is 92.3 Å². The van der Waals surface area contributed by atoms with E-state index in [2.05, 4.69) is 40.6 Å². The minimum atomic E-state index is -0.622. The summed E-state index contributed by atoms with van der Waals surface area (Å²) in [4.78, 5) is 19.9. The Balaban J connectivity index is 0.000000245. The van der Waals surface area contributed by atoms with Crippen LogP contribution in [0, 0.1) is 22.9 Å². The number of halogens is 1. The Bertz CT molecular complexity index is 1360. The van der Waals surface area contributed by atoms with Crippen LogP contribution < -0.4 is 0 Å². The van der Waals surface area contributed by atoms with Gasteiger partial charge in [-0.15, -0.1) is 11.3 Å². The fraction of sp³-hybridized carbons (Fsp3) is 0.407. The summed E-state index contributed by atoms with van der Waals surface area (Å²) in [5.41, 5.74) is 3.72. The van der Waals surface area contributed by atoms with Gasteiger partial charge in [-0.25, -0.2) is 9.37 Å². The highest BCUT2D eigenvalue weighted by atomic mass is 32.1. The molecule has 37 heavy (non-hydrogen) atoms. The summed E-state index contributed by atoms with van der Waals surface area (Å²) in [6.07, 6.45) is 8.26. The van der Waals surface area contributed by atoms with E-state index in [0.717, 1.165) is 54.0 Å². The lowest BCUT2D eigenvalue weighted by atomic mass is 10.1. The molecular weight excluding hydrogens is 495 g/mol. The molecule has 1 saturated heterocycles. The maximum atomic E-state index is 12.6. The summed E-state index contributed by atoms with van der Waals surface area (Å²) in [7, 11) is 2.06. The smallest absolute Gasteiger partial charge is 0.272 e. The van der Waals surface area contributed by atoms with Gasteiger partial charge in [0.05, 0.1) is 44.6 Å². The Morgan fingerprint density at radius 2 is 2.08 bits per heavy atom. The Kier molecular flexibility index (Phi) is 8.96. The van der Waals surface area contributed by atoms with Crippen LogP contribution in [0.15, 0.2) is 42.7 Å². The fourth-order valence-corrected chi connectivity index (χ4v) is 5.30. The minimum absolute atomic E-state index is 0.0450. The number of imidazole rings is 1. The van der Waals surface area contributed by atoms with Gasteiger partial charge < -0.3 is 14.0 Å². The van der Waals surface area contributed by atoms with Crippen molar-refractivity contribution in [2.75, 3.05) is 19.8 Å². The van der Waals surface area contributed by atoms with Crippen LogP contribution in [0.1, 0.15) is 49.1 Å². The molecule has 0 aliphatic carbocycles. The van der Waals surface area contributed by atoms with Crippen molar-refractivity contribution in [3.05, 3.63) is 75.5 Å². The average Bonchev–Trinajstić information content (AvgIpc) is 3.38. The number of benzene rings is 1. The van der Waals surface area contributed by atoms with Gasteiger partial charge in [0.25, 0.3) is 5.69 Å². The summed E-state index contributed by atoms with van der Waals surface area (Å²) in [5, 5.41) is 10.1. The van der Waals surface area contributed by atoms with Gasteiger partial charge in [0, 0.05) is 32.5 Å². The molecule has 0 radical (unpaired) electrons. The van der Waals surface area contributed by atoms with Crippen molar-refractivity contribution in [1.29, 1.82) is 0 Å². The number of thiophene rings is 1.